The largest absolute Gasteiger partial charge is 0.507 e. The van der Waals surface area contributed by atoms with Gasteiger partial charge in [0.15, 0.2) is 5.76 Å². The minimum Gasteiger partial charge on any atom is -0.507 e. The molecule has 100 valence electrons. The Balaban J connectivity index is 2.24. The van der Waals surface area contributed by atoms with Gasteiger partial charge in [-0.25, -0.2) is 0 Å². The summed E-state index contributed by atoms with van der Waals surface area (Å²) in [6.07, 6.45) is 0.750. The van der Waals surface area contributed by atoms with Crippen LogP contribution >= 0.6 is 0 Å². The summed E-state index contributed by atoms with van der Waals surface area (Å²) in [6.45, 7) is 2.02. The lowest BCUT2D eigenvalue weighted by Crippen LogP contribution is -1.87. The third-order valence-corrected chi connectivity index (χ3v) is 3.31. The van der Waals surface area contributed by atoms with Gasteiger partial charge >= 0.3 is 0 Å². The van der Waals surface area contributed by atoms with Gasteiger partial charge in [0.2, 0.25) is 0 Å². The Morgan fingerprint density at radius 2 is 1.70 bits per heavy atom. The summed E-state index contributed by atoms with van der Waals surface area (Å²) in [5.41, 5.74) is 3.43. The molecule has 0 aliphatic heterocycles. The normalized spacial score (nSPS) is 10.7. The molecule has 1 N–H and O–H groups in total. The molecule has 3 heteroatoms. The number of aromatic nitrogens is 1. The number of hydrogen-bond acceptors (Lipinski definition) is 3. The van der Waals surface area contributed by atoms with Gasteiger partial charge in [-0.2, -0.15) is 0 Å². The van der Waals surface area contributed by atoms with Crippen molar-refractivity contribution < 1.29 is 9.63 Å². The van der Waals surface area contributed by atoms with Crippen LogP contribution in [-0.2, 0) is 6.42 Å². The van der Waals surface area contributed by atoms with E-state index in [-0.39, 0.29) is 5.75 Å². The molecule has 3 aromatic rings. The second-order valence-corrected chi connectivity index (χ2v) is 4.57. The molecule has 1 heterocycles. The summed E-state index contributed by atoms with van der Waals surface area (Å²) in [4.78, 5) is 0. The molecule has 0 amide bonds. The highest BCUT2D eigenvalue weighted by Crippen LogP contribution is 2.39. The van der Waals surface area contributed by atoms with E-state index in [0.717, 1.165) is 28.8 Å². The molecule has 0 aliphatic carbocycles. The summed E-state index contributed by atoms with van der Waals surface area (Å²) >= 11 is 0. The zero-order chi connectivity index (χ0) is 13.9. The number of aryl methyl sites for hydroxylation is 1. The van der Waals surface area contributed by atoms with Crippen LogP contribution in [0.15, 0.2) is 59.1 Å². The van der Waals surface area contributed by atoms with Gasteiger partial charge < -0.3 is 9.63 Å². The molecule has 3 rings (SSSR count). The minimum atomic E-state index is 0.239. The molecular weight excluding hydrogens is 250 g/mol. The SMILES string of the molecule is CCc1noc(-c2ccccc2)c1-c1ccccc1O. The third kappa shape index (κ3) is 2.07. The van der Waals surface area contributed by atoms with Crippen molar-refractivity contribution in [2.45, 2.75) is 13.3 Å². The molecule has 0 unspecified atom stereocenters. The van der Waals surface area contributed by atoms with Crippen LogP contribution in [0.1, 0.15) is 12.6 Å². The van der Waals surface area contributed by atoms with E-state index >= 15 is 0 Å². The lowest BCUT2D eigenvalue weighted by atomic mass is 9.98. The Bertz CT molecular complexity index is 717. The van der Waals surface area contributed by atoms with Crippen LogP contribution in [-0.4, -0.2) is 10.3 Å². The van der Waals surface area contributed by atoms with Crippen molar-refractivity contribution in [3.8, 4) is 28.2 Å². The van der Waals surface area contributed by atoms with Crippen LogP contribution in [0.2, 0.25) is 0 Å². The number of phenols is 1. The van der Waals surface area contributed by atoms with Crippen molar-refractivity contribution >= 4 is 0 Å². The summed E-state index contributed by atoms with van der Waals surface area (Å²) in [5.74, 6) is 0.937. The van der Waals surface area contributed by atoms with Gasteiger partial charge in [-0.1, -0.05) is 60.6 Å². The highest BCUT2D eigenvalue weighted by Gasteiger charge is 2.20. The summed E-state index contributed by atoms with van der Waals surface area (Å²) in [7, 11) is 0. The number of benzene rings is 2. The number of rotatable bonds is 3. The Morgan fingerprint density at radius 3 is 2.40 bits per heavy atom. The highest BCUT2D eigenvalue weighted by molar-refractivity contribution is 5.84. The maximum atomic E-state index is 10.1. The molecule has 0 bridgehead atoms. The van der Waals surface area contributed by atoms with Crippen molar-refractivity contribution in [2.24, 2.45) is 0 Å². The predicted octanol–water partition coefficient (Wildman–Crippen LogP) is 4.28. The fourth-order valence-electron chi connectivity index (χ4n) is 2.31. The van der Waals surface area contributed by atoms with E-state index < -0.39 is 0 Å². The lowest BCUT2D eigenvalue weighted by Gasteiger charge is -2.06. The van der Waals surface area contributed by atoms with Gasteiger partial charge in [-0.05, 0) is 12.5 Å². The Kier molecular flexibility index (Phi) is 3.25. The smallest absolute Gasteiger partial charge is 0.175 e. The summed E-state index contributed by atoms with van der Waals surface area (Å²) < 4.78 is 5.52. The Morgan fingerprint density at radius 1 is 1.00 bits per heavy atom. The van der Waals surface area contributed by atoms with Crippen molar-refractivity contribution in [2.75, 3.05) is 0 Å². The van der Waals surface area contributed by atoms with E-state index in [4.69, 9.17) is 4.52 Å². The van der Waals surface area contributed by atoms with Crippen LogP contribution in [0.5, 0.6) is 5.75 Å². The van der Waals surface area contributed by atoms with Crippen LogP contribution in [0.4, 0.5) is 0 Å². The molecule has 0 fully saturated rings. The van der Waals surface area contributed by atoms with Crippen LogP contribution in [0, 0.1) is 0 Å². The van der Waals surface area contributed by atoms with Gasteiger partial charge in [0.25, 0.3) is 0 Å². The summed E-state index contributed by atoms with van der Waals surface area (Å²) in [6, 6.07) is 17.1. The van der Waals surface area contributed by atoms with Crippen molar-refractivity contribution in [1.82, 2.24) is 5.16 Å². The average Bonchev–Trinajstić information content (AvgIpc) is 2.92. The molecular formula is C17H15NO2. The second kappa shape index (κ2) is 5.21. The van der Waals surface area contributed by atoms with Crippen molar-refractivity contribution in [3.05, 3.63) is 60.3 Å². The lowest BCUT2D eigenvalue weighted by molar-refractivity contribution is 0.424. The zero-order valence-electron chi connectivity index (χ0n) is 11.2. The van der Waals surface area contributed by atoms with Gasteiger partial charge in [0.05, 0.1) is 11.3 Å². The fourth-order valence-corrected chi connectivity index (χ4v) is 2.31. The fraction of sp³-hybridized carbons (Fsp3) is 0.118. The first-order valence-corrected chi connectivity index (χ1v) is 6.63. The first-order chi connectivity index (χ1) is 9.81. The molecule has 0 saturated heterocycles. The molecule has 0 aliphatic rings. The van der Waals surface area contributed by atoms with Gasteiger partial charge in [0, 0.05) is 11.1 Å². The van der Waals surface area contributed by atoms with Crippen LogP contribution in [0.3, 0.4) is 0 Å². The molecule has 0 saturated carbocycles. The van der Waals surface area contributed by atoms with E-state index in [1.165, 1.54) is 0 Å². The van der Waals surface area contributed by atoms with Gasteiger partial charge in [-0.3, -0.25) is 0 Å². The molecule has 1 aromatic heterocycles. The molecule has 2 aromatic carbocycles. The Hall–Kier alpha value is -2.55. The number of hydrogen-bond donors (Lipinski definition) is 1. The van der Waals surface area contributed by atoms with E-state index in [1.54, 1.807) is 12.1 Å². The van der Waals surface area contributed by atoms with E-state index in [9.17, 15) is 5.11 Å². The van der Waals surface area contributed by atoms with Crippen LogP contribution in [0.25, 0.3) is 22.5 Å². The van der Waals surface area contributed by atoms with Crippen molar-refractivity contribution in [1.29, 1.82) is 0 Å². The van der Waals surface area contributed by atoms with Crippen LogP contribution < -0.4 is 0 Å². The average molecular weight is 265 g/mol. The van der Waals surface area contributed by atoms with E-state index in [0.29, 0.717) is 5.76 Å². The van der Waals surface area contributed by atoms with Gasteiger partial charge in [0.1, 0.15) is 5.75 Å². The predicted molar refractivity (Wildman–Crippen MR) is 78.4 cm³/mol. The maximum Gasteiger partial charge on any atom is 0.175 e. The maximum absolute atomic E-state index is 10.1. The highest BCUT2D eigenvalue weighted by atomic mass is 16.5. The molecule has 0 radical (unpaired) electrons. The van der Waals surface area contributed by atoms with Gasteiger partial charge in [-0.15, -0.1) is 0 Å². The topological polar surface area (TPSA) is 46.3 Å². The molecule has 0 atom stereocenters. The molecule has 0 spiro atoms. The second-order valence-electron chi connectivity index (χ2n) is 4.57. The first kappa shape index (κ1) is 12.5. The third-order valence-electron chi connectivity index (χ3n) is 3.31. The molecule has 20 heavy (non-hydrogen) atoms. The summed E-state index contributed by atoms with van der Waals surface area (Å²) in [5, 5.41) is 14.2. The quantitative estimate of drug-likeness (QED) is 0.769. The Labute approximate surface area is 117 Å². The van der Waals surface area contributed by atoms with E-state index in [2.05, 4.69) is 5.16 Å². The zero-order valence-corrected chi connectivity index (χ0v) is 11.2. The van der Waals surface area contributed by atoms with Crippen molar-refractivity contribution in [3.63, 3.8) is 0 Å². The minimum absolute atomic E-state index is 0.239. The number of para-hydroxylation sites is 1. The molecule has 3 nitrogen and oxygen atoms in total. The number of nitrogens with zero attached hydrogens (tertiary/aromatic N) is 1. The monoisotopic (exact) mass is 265 g/mol. The standard InChI is InChI=1S/C17H15NO2/c1-2-14-16(13-10-6-7-11-15(13)19)17(20-18-14)12-8-4-3-5-9-12/h3-11,19H,2H2,1H3. The first-order valence-electron chi connectivity index (χ1n) is 6.63. The number of phenolic OH excluding ortho intramolecular Hbond substituents is 1. The number of aromatic hydroxyl groups is 1. The van der Waals surface area contributed by atoms with E-state index in [1.807, 2.05) is 49.4 Å².